The van der Waals surface area contributed by atoms with Crippen molar-refractivity contribution in [2.24, 2.45) is 0 Å². The lowest BCUT2D eigenvalue weighted by atomic mass is 10.1. The zero-order chi connectivity index (χ0) is 20.0. The molecule has 1 heterocycles. The first-order chi connectivity index (χ1) is 12.9. The van der Waals surface area contributed by atoms with Gasteiger partial charge in [0.25, 0.3) is 5.69 Å². The van der Waals surface area contributed by atoms with E-state index in [4.69, 9.17) is 4.74 Å². The maximum atomic E-state index is 12.3. The van der Waals surface area contributed by atoms with Crippen LogP contribution in [0.4, 0.5) is 10.7 Å². The standard InChI is InChI=1S/C19H20N2O5S/c1-4-15-12(3)27-18(17(15)19(23)26-5-2)20-16(22)11-8-13-6-9-14(10-7-13)21(24)25/h6-11H,4-5H2,1-3H3,(H,20,22). The second kappa shape index (κ2) is 9.09. The van der Waals surface area contributed by atoms with Gasteiger partial charge in [0.2, 0.25) is 5.91 Å². The number of anilines is 1. The number of aryl methyl sites for hydroxylation is 1. The number of ether oxygens (including phenoxy) is 1. The van der Waals surface area contributed by atoms with E-state index in [2.05, 4.69) is 5.32 Å². The summed E-state index contributed by atoms with van der Waals surface area (Å²) in [6.45, 7) is 5.82. The summed E-state index contributed by atoms with van der Waals surface area (Å²) in [6, 6.07) is 5.84. The Labute approximate surface area is 160 Å². The van der Waals surface area contributed by atoms with Crippen LogP contribution >= 0.6 is 11.3 Å². The number of thiophene rings is 1. The highest BCUT2D eigenvalue weighted by Gasteiger charge is 2.22. The number of rotatable bonds is 7. The van der Waals surface area contributed by atoms with Gasteiger partial charge in [-0.15, -0.1) is 11.3 Å². The van der Waals surface area contributed by atoms with Gasteiger partial charge in [-0.3, -0.25) is 14.9 Å². The average molecular weight is 388 g/mol. The van der Waals surface area contributed by atoms with E-state index in [1.807, 2.05) is 13.8 Å². The van der Waals surface area contributed by atoms with Crippen LogP contribution in [0.15, 0.2) is 30.3 Å². The molecule has 0 fully saturated rings. The van der Waals surface area contributed by atoms with Gasteiger partial charge in [-0.1, -0.05) is 6.92 Å². The first-order valence-corrected chi connectivity index (χ1v) is 9.21. The van der Waals surface area contributed by atoms with E-state index < -0.39 is 16.8 Å². The fourth-order valence-corrected chi connectivity index (χ4v) is 3.68. The minimum atomic E-state index is -0.485. The molecule has 0 bridgehead atoms. The minimum Gasteiger partial charge on any atom is -0.462 e. The van der Waals surface area contributed by atoms with Gasteiger partial charge in [-0.05, 0) is 49.6 Å². The van der Waals surface area contributed by atoms with E-state index in [1.54, 1.807) is 25.1 Å². The lowest BCUT2D eigenvalue weighted by molar-refractivity contribution is -0.384. The third-order valence-corrected chi connectivity index (χ3v) is 4.87. The van der Waals surface area contributed by atoms with E-state index in [0.29, 0.717) is 22.5 Å². The SMILES string of the molecule is CCOC(=O)c1c(NC(=O)C=Cc2ccc([N+](=O)[O-])cc2)sc(C)c1CC. The lowest BCUT2D eigenvalue weighted by Crippen LogP contribution is -2.13. The highest BCUT2D eigenvalue weighted by Crippen LogP contribution is 2.34. The number of nitrogens with one attached hydrogen (secondary N) is 1. The Hall–Kier alpha value is -3.00. The maximum Gasteiger partial charge on any atom is 0.341 e. The summed E-state index contributed by atoms with van der Waals surface area (Å²) < 4.78 is 5.11. The number of amides is 1. The number of carbonyl (C=O) groups is 2. The Morgan fingerprint density at radius 1 is 1.26 bits per heavy atom. The van der Waals surface area contributed by atoms with Crippen molar-refractivity contribution >= 4 is 40.0 Å². The topological polar surface area (TPSA) is 98.5 Å². The van der Waals surface area contributed by atoms with Gasteiger partial charge >= 0.3 is 5.97 Å². The van der Waals surface area contributed by atoms with Crippen LogP contribution in [0.1, 0.15) is 40.2 Å². The molecule has 0 aliphatic heterocycles. The quantitative estimate of drug-likeness (QED) is 0.329. The minimum absolute atomic E-state index is 0.0168. The molecule has 1 N–H and O–H groups in total. The number of carbonyl (C=O) groups excluding carboxylic acids is 2. The number of benzene rings is 1. The molecule has 0 atom stereocenters. The van der Waals surface area contributed by atoms with Crippen LogP contribution in [0.3, 0.4) is 0 Å². The first kappa shape index (κ1) is 20.3. The fraction of sp³-hybridized carbons (Fsp3) is 0.263. The van der Waals surface area contributed by atoms with Gasteiger partial charge in [0, 0.05) is 23.1 Å². The lowest BCUT2D eigenvalue weighted by Gasteiger charge is -2.06. The molecule has 0 spiro atoms. The molecule has 27 heavy (non-hydrogen) atoms. The van der Waals surface area contributed by atoms with Crippen molar-refractivity contribution in [3.63, 3.8) is 0 Å². The molecule has 8 heteroatoms. The van der Waals surface area contributed by atoms with Crippen molar-refractivity contribution in [1.82, 2.24) is 0 Å². The van der Waals surface area contributed by atoms with Gasteiger partial charge in [0.05, 0.1) is 17.1 Å². The molecule has 1 aromatic heterocycles. The van der Waals surface area contributed by atoms with E-state index in [9.17, 15) is 19.7 Å². The molecule has 2 aromatic rings. The summed E-state index contributed by atoms with van der Waals surface area (Å²) in [6.07, 6.45) is 3.52. The van der Waals surface area contributed by atoms with Crippen LogP contribution in [0, 0.1) is 17.0 Å². The summed E-state index contributed by atoms with van der Waals surface area (Å²) in [5.74, 6) is -0.851. The summed E-state index contributed by atoms with van der Waals surface area (Å²) >= 11 is 1.33. The molecule has 1 aromatic carbocycles. The van der Waals surface area contributed by atoms with Crippen molar-refractivity contribution in [3.8, 4) is 0 Å². The molecule has 0 saturated carbocycles. The van der Waals surface area contributed by atoms with Crippen molar-refractivity contribution in [2.45, 2.75) is 27.2 Å². The van der Waals surface area contributed by atoms with Crippen LogP contribution in [-0.4, -0.2) is 23.4 Å². The van der Waals surface area contributed by atoms with E-state index >= 15 is 0 Å². The summed E-state index contributed by atoms with van der Waals surface area (Å²) in [4.78, 5) is 35.6. The molecular formula is C19H20N2O5S. The molecule has 0 radical (unpaired) electrons. The Kier molecular flexibility index (Phi) is 6.84. The molecule has 0 aliphatic carbocycles. The third-order valence-electron chi connectivity index (χ3n) is 3.81. The summed E-state index contributed by atoms with van der Waals surface area (Å²) in [7, 11) is 0. The molecule has 2 rings (SSSR count). The van der Waals surface area contributed by atoms with E-state index in [1.165, 1.54) is 29.5 Å². The second-order valence-corrected chi connectivity index (χ2v) is 6.81. The van der Waals surface area contributed by atoms with Gasteiger partial charge in [0.1, 0.15) is 5.00 Å². The predicted molar refractivity (Wildman–Crippen MR) is 105 cm³/mol. The summed E-state index contributed by atoms with van der Waals surface area (Å²) in [5, 5.41) is 13.8. The molecular weight excluding hydrogens is 368 g/mol. The largest absolute Gasteiger partial charge is 0.462 e. The Balaban J connectivity index is 2.17. The Morgan fingerprint density at radius 2 is 1.93 bits per heavy atom. The molecule has 0 unspecified atom stereocenters. The van der Waals surface area contributed by atoms with Gasteiger partial charge in [0.15, 0.2) is 0 Å². The number of nitrogens with zero attached hydrogens (tertiary/aromatic N) is 1. The number of esters is 1. The molecule has 0 saturated heterocycles. The van der Waals surface area contributed by atoms with Gasteiger partial charge in [-0.2, -0.15) is 0 Å². The fourth-order valence-electron chi connectivity index (χ4n) is 2.54. The summed E-state index contributed by atoms with van der Waals surface area (Å²) in [5.41, 5.74) is 1.90. The number of non-ortho nitro benzene ring substituents is 1. The van der Waals surface area contributed by atoms with Crippen LogP contribution < -0.4 is 5.32 Å². The van der Waals surface area contributed by atoms with E-state index in [-0.39, 0.29) is 12.3 Å². The highest BCUT2D eigenvalue weighted by atomic mass is 32.1. The normalized spacial score (nSPS) is 10.8. The first-order valence-electron chi connectivity index (χ1n) is 8.40. The highest BCUT2D eigenvalue weighted by molar-refractivity contribution is 7.16. The Morgan fingerprint density at radius 3 is 2.48 bits per heavy atom. The Bertz CT molecular complexity index is 884. The number of hydrogen-bond donors (Lipinski definition) is 1. The zero-order valence-corrected chi connectivity index (χ0v) is 16.1. The van der Waals surface area contributed by atoms with Crippen LogP contribution in [0.2, 0.25) is 0 Å². The van der Waals surface area contributed by atoms with Crippen molar-refractivity contribution in [3.05, 3.63) is 62.0 Å². The molecule has 142 valence electrons. The van der Waals surface area contributed by atoms with Crippen LogP contribution in [0.25, 0.3) is 6.08 Å². The molecule has 0 aliphatic rings. The third kappa shape index (κ3) is 5.01. The number of hydrogen-bond acceptors (Lipinski definition) is 6. The van der Waals surface area contributed by atoms with Crippen molar-refractivity contribution < 1.29 is 19.2 Å². The maximum absolute atomic E-state index is 12.3. The monoisotopic (exact) mass is 388 g/mol. The van der Waals surface area contributed by atoms with Gasteiger partial charge in [-0.25, -0.2) is 4.79 Å². The number of nitro groups is 1. The van der Waals surface area contributed by atoms with Crippen LogP contribution in [0.5, 0.6) is 0 Å². The smallest absolute Gasteiger partial charge is 0.341 e. The van der Waals surface area contributed by atoms with Crippen molar-refractivity contribution in [2.75, 3.05) is 11.9 Å². The second-order valence-electron chi connectivity index (χ2n) is 5.59. The number of nitro benzene ring substituents is 1. The van der Waals surface area contributed by atoms with Crippen molar-refractivity contribution in [1.29, 1.82) is 0 Å². The van der Waals surface area contributed by atoms with Crippen LogP contribution in [-0.2, 0) is 16.0 Å². The zero-order valence-electron chi connectivity index (χ0n) is 15.3. The average Bonchev–Trinajstić information content (AvgIpc) is 2.95. The predicted octanol–water partition coefficient (Wildman–Crippen LogP) is 4.36. The molecule has 7 nitrogen and oxygen atoms in total. The van der Waals surface area contributed by atoms with E-state index in [0.717, 1.165) is 10.4 Å². The van der Waals surface area contributed by atoms with Gasteiger partial charge < -0.3 is 10.1 Å². The molecule has 1 amide bonds.